The molecule has 6 heteroatoms. The van der Waals surface area contributed by atoms with Crippen LogP contribution in [-0.2, 0) is 0 Å². The Morgan fingerprint density at radius 3 is 2.23 bits per heavy atom. The summed E-state index contributed by atoms with van der Waals surface area (Å²) in [5, 5.41) is 2.36. The molecule has 0 aliphatic heterocycles. The van der Waals surface area contributed by atoms with Crippen molar-refractivity contribution in [3.8, 4) is 11.1 Å². The second-order valence-electron chi connectivity index (χ2n) is 5.10. The van der Waals surface area contributed by atoms with E-state index in [1.165, 1.54) is 39.8 Å². The summed E-state index contributed by atoms with van der Waals surface area (Å²) in [5.41, 5.74) is 6.11. The second kappa shape index (κ2) is 4.53. The second-order valence-corrected chi connectivity index (χ2v) is 6.16. The zero-order valence-corrected chi connectivity index (χ0v) is 12.9. The van der Waals surface area contributed by atoms with Crippen molar-refractivity contribution in [3.63, 3.8) is 0 Å². The zero-order chi connectivity index (χ0) is 14.5. The van der Waals surface area contributed by atoms with Gasteiger partial charge in [0.1, 0.15) is 22.1 Å². The monoisotopic (exact) mass is 320 g/mol. The number of hydrogen-bond acceptors (Lipinski definition) is 6. The maximum Gasteiger partial charge on any atom is 0.105 e. The molecule has 3 aromatic carbocycles. The maximum absolute atomic E-state index is 4.36. The predicted octanol–water partition coefficient (Wildman–Crippen LogP) is 4.52. The van der Waals surface area contributed by atoms with E-state index in [-0.39, 0.29) is 0 Å². The molecule has 0 amide bonds. The molecule has 0 aliphatic carbocycles. The first-order chi connectivity index (χ1) is 10.9. The molecule has 5 rings (SSSR count). The van der Waals surface area contributed by atoms with Gasteiger partial charge in [-0.3, -0.25) is 0 Å². The number of aromatic nitrogens is 4. The Labute approximate surface area is 133 Å². The van der Waals surface area contributed by atoms with Crippen LogP contribution in [0.15, 0.2) is 48.5 Å². The van der Waals surface area contributed by atoms with Crippen molar-refractivity contribution in [2.75, 3.05) is 0 Å². The van der Waals surface area contributed by atoms with Crippen molar-refractivity contribution in [2.45, 2.75) is 0 Å². The Bertz CT molecular complexity index is 1140. The molecular formula is C16H8N4S2. The van der Waals surface area contributed by atoms with Crippen LogP contribution in [0.25, 0.3) is 44.0 Å². The van der Waals surface area contributed by atoms with Crippen molar-refractivity contribution < 1.29 is 0 Å². The summed E-state index contributed by atoms with van der Waals surface area (Å²) in [6.45, 7) is 0. The fraction of sp³-hybridized carbons (Fsp3) is 0. The van der Waals surface area contributed by atoms with Crippen LogP contribution >= 0.6 is 23.5 Å². The van der Waals surface area contributed by atoms with Crippen LogP contribution in [-0.4, -0.2) is 17.5 Å². The molecule has 0 aliphatic rings. The van der Waals surface area contributed by atoms with Crippen molar-refractivity contribution in [1.29, 1.82) is 0 Å². The molecule has 0 radical (unpaired) electrons. The fourth-order valence-corrected chi connectivity index (χ4v) is 3.78. The van der Waals surface area contributed by atoms with E-state index in [1.54, 1.807) is 0 Å². The van der Waals surface area contributed by atoms with Crippen LogP contribution < -0.4 is 0 Å². The van der Waals surface area contributed by atoms with E-state index in [0.717, 1.165) is 27.6 Å². The summed E-state index contributed by atoms with van der Waals surface area (Å²) in [6.07, 6.45) is 0. The molecule has 0 atom stereocenters. The Balaban J connectivity index is 1.85. The van der Waals surface area contributed by atoms with Crippen molar-refractivity contribution in [2.24, 2.45) is 0 Å². The highest BCUT2D eigenvalue weighted by atomic mass is 32.1. The van der Waals surface area contributed by atoms with E-state index in [0.29, 0.717) is 0 Å². The van der Waals surface area contributed by atoms with Crippen LogP contribution in [0.1, 0.15) is 0 Å². The highest BCUT2D eigenvalue weighted by Crippen LogP contribution is 2.32. The average molecular weight is 320 g/mol. The van der Waals surface area contributed by atoms with Gasteiger partial charge in [-0.25, -0.2) is 0 Å². The third-order valence-electron chi connectivity index (χ3n) is 3.82. The third-order valence-corrected chi connectivity index (χ3v) is 4.93. The van der Waals surface area contributed by atoms with E-state index >= 15 is 0 Å². The molecule has 2 aromatic heterocycles. The number of fused-ring (bicyclic) bond motifs is 3. The van der Waals surface area contributed by atoms with Crippen molar-refractivity contribution in [1.82, 2.24) is 17.5 Å². The summed E-state index contributed by atoms with van der Waals surface area (Å²) < 4.78 is 17.3. The largest absolute Gasteiger partial charge is 0.173 e. The van der Waals surface area contributed by atoms with Crippen LogP contribution in [0, 0.1) is 0 Å². The number of hydrogen-bond donors (Lipinski definition) is 0. The summed E-state index contributed by atoms with van der Waals surface area (Å²) in [5.74, 6) is 0. The highest BCUT2D eigenvalue weighted by Gasteiger charge is 2.09. The quantitative estimate of drug-likeness (QED) is 0.456. The third kappa shape index (κ3) is 1.74. The lowest BCUT2D eigenvalue weighted by Gasteiger charge is -2.07. The molecule has 104 valence electrons. The first-order valence-electron chi connectivity index (χ1n) is 6.76. The predicted molar refractivity (Wildman–Crippen MR) is 91.3 cm³/mol. The van der Waals surface area contributed by atoms with Crippen LogP contribution in [0.2, 0.25) is 0 Å². The van der Waals surface area contributed by atoms with Crippen LogP contribution in [0.4, 0.5) is 0 Å². The summed E-state index contributed by atoms with van der Waals surface area (Å²) in [6, 6.07) is 16.8. The van der Waals surface area contributed by atoms with Crippen LogP contribution in [0.3, 0.4) is 0 Å². The minimum Gasteiger partial charge on any atom is -0.173 e. The topological polar surface area (TPSA) is 51.6 Å². The molecule has 5 aromatic rings. The van der Waals surface area contributed by atoms with Gasteiger partial charge in [-0.2, -0.15) is 17.5 Å². The summed E-state index contributed by atoms with van der Waals surface area (Å²) in [7, 11) is 0. The molecule has 0 spiro atoms. The minimum atomic E-state index is 0.941. The Kier molecular flexibility index (Phi) is 2.50. The lowest BCUT2D eigenvalue weighted by molar-refractivity contribution is 1.62. The Morgan fingerprint density at radius 1 is 0.636 bits per heavy atom. The molecule has 2 heterocycles. The van der Waals surface area contributed by atoms with Gasteiger partial charge in [0.2, 0.25) is 0 Å². The number of nitrogens with zero attached hydrogens (tertiary/aromatic N) is 4. The lowest BCUT2D eigenvalue weighted by Crippen LogP contribution is -1.83. The first-order valence-corrected chi connectivity index (χ1v) is 8.22. The van der Waals surface area contributed by atoms with E-state index in [4.69, 9.17) is 0 Å². The molecule has 0 saturated carbocycles. The smallest absolute Gasteiger partial charge is 0.105 e. The lowest BCUT2D eigenvalue weighted by atomic mass is 9.97. The Morgan fingerprint density at radius 2 is 1.36 bits per heavy atom. The maximum atomic E-state index is 4.36. The molecule has 0 fully saturated rings. The van der Waals surface area contributed by atoms with Crippen molar-refractivity contribution in [3.05, 3.63) is 48.5 Å². The van der Waals surface area contributed by atoms with E-state index in [2.05, 4.69) is 60.0 Å². The van der Waals surface area contributed by atoms with Gasteiger partial charge in [0, 0.05) is 0 Å². The molecule has 22 heavy (non-hydrogen) atoms. The number of rotatable bonds is 1. The molecule has 0 N–H and O–H groups in total. The summed E-state index contributed by atoms with van der Waals surface area (Å²) >= 11 is 2.50. The molecule has 4 nitrogen and oxygen atoms in total. The Hall–Kier alpha value is -2.44. The first kappa shape index (κ1) is 12.1. The van der Waals surface area contributed by atoms with Gasteiger partial charge >= 0.3 is 0 Å². The van der Waals surface area contributed by atoms with Gasteiger partial charge in [0.25, 0.3) is 0 Å². The van der Waals surface area contributed by atoms with Gasteiger partial charge in [-0.15, -0.1) is 0 Å². The van der Waals surface area contributed by atoms with Gasteiger partial charge in [-0.1, -0.05) is 24.3 Å². The fourth-order valence-electron chi connectivity index (χ4n) is 2.76. The SMILES string of the molecule is c1cc(-c2ccc3nsnc3c2)c2cc3nsnc3cc2c1. The van der Waals surface area contributed by atoms with E-state index in [9.17, 15) is 0 Å². The zero-order valence-electron chi connectivity index (χ0n) is 11.2. The molecule has 0 unspecified atom stereocenters. The molecule has 0 bridgehead atoms. The summed E-state index contributed by atoms with van der Waals surface area (Å²) in [4.78, 5) is 0. The highest BCUT2D eigenvalue weighted by molar-refractivity contribution is 7.00. The minimum absolute atomic E-state index is 0.941. The average Bonchev–Trinajstić information content (AvgIpc) is 3.19. The standard InChI is InChI=1S/C16H8N4S2/c1-2-9-6-15-16(20-22-19-15)8-12(9)11(3-1)10-4-5-13-14(7-10)18-21-17-13/h1-8H. The van der Waals surface area contributed by atoms with Gasteiger partial charge in [-0.05, 0) is 46.2 Å². The molecular weight excluding hydrogens is 312 g/mol. The van der Waals surface area contributed by atoms with Gasteiger partial charge in [0.15, 0.2) is 0 Å². The number of benzene rings is 3. The van der Waals surface area contributed by atoms with E-state index < -0.39 is 0 Å². The van der Waals surface area contributed by atoms with Crippen LogP contribution in [0.5, 0.6) is 0 Å². The molecule has 0 saturated heterocycles. The van der Waals surface area contributed by atoms with E-state index in [1.807, 2.05) is 6.07 Å². The van der Waals surface area contributed by atoms with Gasteiger partial charge in [0.05, 0.1) is 23.5 Å². The normalized spacial score (nSPS) is 11.6. The van der Waals surface area contributed by atoms with Gasteiger partial charge < -0.3 is 0 Å². The van der Waals surface area contributed by atoms with Crippen molar-refractivity contribution >= 4 is 56.3 Å².